The Balaban J connectivity index is 1.32. The molecular weight excluding hydrogens is 370 g/mol. The van der Waals surface area contributed by atoms with E-state index in [0.29, 0.717) is 19.0 Å². The van der Waals surface area contributed by atoms with Gasteiger partial charge in [-0.3, -0.25) is 9.69 Å². The largest absolute Gasteiger partial charge is 0.497 e. The molecule has 1 aliphatic heterocycles. The Morgan fingerprint density at radius 2 is 2.18 bits per heavy atom. The minimum atomic E-state index is 0.0627. The molecule has 0 spiro atoms. The molecule has 1 aliphatic rings. The minimum Gasteiger partial charge on any atom is -0.497 e. The number of amides is 1. The van der Waals surface area contributed by atoms with E-state index < -0.39 is 0 Å². The quantitative estimate of drug-likeness (QED) is 0.690. The molecule has 146 valence electrons. The summed E-state index contributed by atoms with van der Waals surface area (Å²) in [7, 11) is 1.65. The molecule has 1 aromatic heterocycles. The summed E-state index contributed by atoms with van der Waals surface area (Å²) in [5.41, 5.74) is 2.12. The van der Waals surface area contributed by atoms with E-state index in [2.05, 4.69) is 28.4 Å². The average Bonchev–Trinajstić information content (AvgIpc) is 3.17. The molecule has 4 rings (SSSR count). The molecule has 1 fully saturated rings. The van der Waals surface area contributed by atoms with Gasteiger partial charge in [0.05, 0.1) is 28.9 Å². The maximum absolute atomic E-state index is 12.4. The average molecular weight is 396 g/mol. The van der Waals surface area contributed by atoms with E-state index in [4.69, 9.17) is 9.72 Å². The summed E-state index contributed by atoms with van der Waals surface area (Å²) >= 11 is 1.79. The molecule has 6 heteroatoms. The molecule has 1 saturated heterocycles. The molecule has 2 heterocycles. The Morgan fingerprint density at radius 3 is 3.04 bits per heavy atom. The number of hydrogen-bond acceptors (Lipinski definition) is 5. The molecule has 1 atom stereocenters. The second kappa shape index (κ2) is 8.71. The number of carbonyl (C=O) groups excluding carboxylic acids is 1. The predicted molar refractivity (Wildman–Crippen MR) is 113 cm³/mol. The number of piperidine rings is 1. The summed E-state index contributed by atoms with van der Waals surface area (Å²) in [6.07, 6.45) is 2.24. The van der Waals surface area contributed by atoms with Crippen LogP contribution in [-0.2, 0) is 11.3 Å². The van der Waals surface area contributed by atoms with Crippen LogP contribution in [0.25, 0.3) is 10.2 Å². The van der Waals surface area contributed by atoms with Crippen molar-refractivity contribution in [3.05, 3.63) is 59.1 Å². The zero-order valence-electron chi connectivity index (χ0n) is 16.1. The van der Waals surface area contributed by atoms with Crippen molar-refractivity contribution in [2.24, 2.45) is 0 Å². The number of fused-ring (bicyclic) bond motifs is 1. The van der Waals surface area contributed by atoms with E-state index in [9.17, 15) is 4.79 Å². The van der Waals surface area contributed by atoms with Gasteiger partial charge in [-0.15, -0.1) is 11.3 Å². The van der Waals surface area contributed by atoms with Crippen LogP contribution in [-0.4, -0.2) is 42.5 Å². The smallest absolute Gasteiger partial charge is 0.234 e. The first-order valence-electron chi connectivity index (χ1n) is 9.69. The number of likely N-dealkylation sites (tertiary alicyclic amines) is 1. The molecular formula is C22H25N3O2S. The molecule has 0 radical (unpaired) electrons. The van der Waals surface area contributed by atoms with Gasteiger partial charge in [0.15, 0.2) is 0 Å². The molecule has 5 nitrogen and oxygen atoms in total. The number of carbonyl (C=O) groups is 1. The SMILES string of the molecule is COc1cccc(CNC(=O)CN2CCC[C@H](c3nc4ccccc4s3)C2)c1. The highest BCUT2D eigenvalue weighted by molar-refractivity contribution is 7.18. The number of nitrogens with one attached hydrogen (secondary N) is 1. The number of methoxy groups -OCH3 is 1. The van der Waals surface area contributed by atoms with Crippen LogP contribution < -0.4 is 10.1 Å². The summed E-state index contributed by atoms with van der Waals surface area (Å²) in [6, 6.07) is 16.1. The third-order valence-corrected chi connectivity index (χ3v) is 6.36. The van der Waals surface area contributed by atoms with E-state index in [0.717, 1.165) is 42.8 Å². The number of hydrogen-bond donors (Lipinski definition) is 1. The maximum Gasteiger partial charge on any atom is 0.234 e. The first-order chi connectivity index (χ1) is 13.7. The fraction of sp³-hybridized carbons (Fsp3) is 0.364. The fourth-order valence-corrected chi connectivity index (χ4v) is 4.80. The van der Waals surface area contributed by atoms with Crippen LogP contribution in [0.3, 0.4) is 0 Å². The Morgan fingerprint density at radius 1 is 1.29 bits per heavy atom. The molecule has 0 bridgehead atoms. The molecule has 3 aromatic rings. The number of rotatable bonds is 6. The number of ether oxygens (including phenoxy) is 1. The van der Waals surface area contributed by atoms with Crippen molar-refractivity contribution in [3.8, 4) is 5.75 Å². The summed E-state index contributed by atoms with van der Waals surface area (Å²) in [4.78, 5) is 19.5. The number of para-hydroxylation sites is 1. The lowest BCUT2D eigenvalue weighted by Gasteiger charge is -2.31. The monoisotopic (exact) mass is 395 g/mol. The van der Waals surface area contributed by atoms with Crippen molar-refractivity contribution < 1.29 is 9.53 Å². The van der Waals surface area contributed by atoms with Gasteiger partial charge in [-0.2, -0.15) is 0 Å². The summed E-state index contributed by atoms with van der Waals surface area (Å²) < 4.78 is 6.47. The second-order valence-corrected chi connectivity index (χ2v) is 8.28. The molecule has 1 amide bonds. The zero-order valence-corrected chi connectivity index (χ0v) is 16.9. The van der Waals surface area contributed by atoms with Crippen LogP contribution in [0.2, 0.25) is 0 Å². The van der Waals surface area contributed by atoms with Crippen LogP contribution >= 0.6 is 11.3 Å². The molecule has 2 aromatic carbocycles. The lowest BCUT2D eigenvalue weighted by molar-refractivity contribution is -0.122. The van der Waals surface area contributed by atoms with Crippen molar-refractivity contribution in [3.63, 3.8) is 0 Å². The third-order valence-electron chi connectivity index (χ3n) is 5.16. The minimum absolute atomic E-state index is 0.0627. The van der Waals surface area contributed by atoms with Crippen LogP contribution in [0.5, 0.6) is 5.75 Å². The van der Waals surface area contributed by atoms with Crippen LogP contribution in [0, 0.1) is 0 Å². The van der Waals surface area contributed by atoms with E-state index in [1.165, 1.54) is 9.71 Å². The Bertz CT molecular complexity index is 923. The highest BCUT2D eigenvalue weighted by atomic mass is 32.1. The predicted octanol–water partition coefficient (Wildman–Crippen LogP) is 3.80. The zero-order chi connectivity index (χ0) is 19.3. The van der Waals surface area contributed by atoms with Crippen LogP contribution in [0.1, 0.15) is 29.3 Å². The summed E-state index contributed by atoms with van der Waals surface area (Å²) in [5, 5.41) is 4.22. The van der Waals surface area contributed by atoms with E-state index in [1.54, 1.807) is 18.4 Å². The first-order valence-corrected chi connectivity index (χ1v) is 10.5. The highest BCUT2D eigenvalue weighted by Crippen LogP contribution is 2.32. The molecule has 0 saturated carbocycles. The van der Waals surface area contributed by atoms with Gasteiger partial charge < -0.3 is 10.1 Å². The highest BCUT2D eigenvalue weighted by Gasteiger charge is 2.25. The fourth-order valence-electron chi connectivity index (χ4n) is 3.71. The molecule has 0 unspecified atom stereocenters. The van der Waals surface area contributed by atoms with Gasteiger partial charge >= 0.3 is 0 Å². The molecule has 28 heavy (non-hydrogen) atoms. The summed E-state index contributed by atoms with van der Waals surface area (Å²) in [5.74, 6) is 1.28. The van der Waals surface area contributed by atoms with Gasteiger partial charge in [0.25, 0.3) is 0 Å². The Kier molecular flexibility index (Phi) is 5.88. The van der Waals surface area contributed by atoms with Crippen molar-refractivity contribution in [2.45, 2.75) is 25.3 Å². The number of nitrogens with zero attached hydrogens (tertiary/aromatic N) is 2. The van der Waals surface area contributed by atoms with Gasteiger partial charge in [0, 0.05) is 19.0 Å². The standard InChI is InChI=1S/C22H25N3O2S/c1-27-18-8-4-6-16(12-18)13-23-21(26)15-25-11-5-7-17(14-25)22-24-19-9-2-3-10-20(19)28-22/h2-4,6,8-10,12,17H,5,7,11,13-15H2,1H3,(H,23,26)/t17-/m0/s1. The molecule has 0 aliphatic carbocycles. The Labute approximate surface area is 169 Å². The van der Waals surface area contributed by atoms with Crippen molar-refractivity contribution in [2.75, 3.05) is 26.7 Å². The van der Waals surface area contributed by atoms with Crippen molar-refractivity contribution in [1.29, 1.82) is 0 Å². The van der Waals surface area contributed by atoms with E-state index in [-0.39, 0.29) is 5.91 Å². The van der Waals surface area contributed by atoms with Gasteiger partial charge in [0.1, 0.15) is 5.75 Å². The van der Waals surface area contributed by atoms with E-state index >= 15 is 0 Å². The lowest BCUT2D eigenvalue weighted by Crippen LogP contribution is -2.41. The Hall–Kier alpha value is -2.44. The number of thiazole rings is 1. The molecule has 1 N–H and O–H groups in total. The normalized spacial score (nSPS) is 17.5. The van der Waals surface area contributed by atoms with Gasteiger partial charge in [0.2, 0.25) is 5.91 Å². The third kappa shape index (κ3) is 4.51. The summed E-state index contributed by atoms with van der Waals surface area (Å²) in [6.45, 7) is 2.82. The van der Waals surface area contributed by atoms with E-state index in [1.807, 2.05) is 30.3 Å². The van der Waals surface area contributed by atoms with Gasteiger partial charge in [-0.1, -0.05) is 24.3 Å². The van der Waals surface area contributed by atoms with Crippen LogP contribution in [0.15, 0.2) is 48.5 Å². The van der Waals surface area contributed by atoms with Gasteiger partial charge in [-0.25, -0.2) is 4.98 Å². The van der Waals surface area contributed by atoms with Crippen molar-refractivity contribution in [1.82, 2.24) is 15.2 Å². The first kappa shape index (κ1) is 18.9. The van der Waals surface area contributed by atoms with Crippen LogP contribution in [0.4, 0.5) is 0 Å². The lowest BCUT2D eigenvalue weighted by atomic mass is 9.99. The second-order valence-electron chi connectivity index (χ2n) is 7.22. The number of benzene rings is 2. The topological polar surface area (TPSA) is 54.5 Å². The maximum atomic E-state index is 12.4. The van der Waals surface area contributed by atoms with Gasteiger partial charge in [-0.05, 0) is 49.2 Å². The number of aromatic nitrogens is 1. The van der Waals surface area contributed by atoms with Crippen molar-refractivity contribution >= 4 is 27.5 Å².